The maximum absolute atomic E-state index is 13.1. The van der Waals surface area contributed by atoms with Crippen molar-refractivity contribution < 1.29 is 113 Å². The van der Waals surface area contributed by atoms with Gasteiger partial charge in [0.2, 0.25) is 11.1 Å². The Morgan fingerprint density at radius 1 is 1.15 bits per heavy atom. The number of carbonyl (C=O) groups is 5. The predicted octanol–water partition coefficient (Wildman–Crippen LogP) is -8.56. The summed E-state index contributed by atoms with van der Waals surface area (Å²) in [6.45, 7) is 1.05. The molecule has 25 heteroatoms. The number of aryl methyl sites for hydroxylation is 1. The number of methoxy groups -OCH3 is 2. The first-order valence-corrected chi connectivity index (χ1v) is 21.6. The van der Waals surface area contributed by atoms with E-state index < -0.39 is 57.0 Å². The van der Waals surface area contributed by atoms with Crippen LogP contribution in [-0.2, 0) is 47.6 Å². The Kier molecular flexibility index (Phi) is 14.2. The number of aromatic nitrogens is 4. The van der Waals surface area contributed by atoms with Gasteiger partial charge in [0.05, 0.1) is 34.6 Å². The number of benzene rings is 1. The van der Waals surface area contributed by atoms with Gasteiger partial charge < -0.3 is 55.1 Å². The maximum Gasteiger partial charge on any atom is 1.00 e. The van der Waals surface area contributed by atoms with E-state index in [1.165, 1.54) is 46.4 Å². The van der Waals surface area contributed by atoms with Crippen molar-refractivity contribution in [2.75, 3.05) is 39.3 Å². The summed E-state index contributed by atoms with van der Waals surface area (Å²) in [4.78, 5) is 63.8. The van der Waals surface area contributed by atoms with Gasteiger partial charge in [-0.2, -0.15) is 0 Å². The number of carboxylic acid groups (broad SMARTS) is 2. The van der Waals surface area contributed by atoms with Gasteiger partial charge in [-0.1, -0.05) is 53.5 Å². The number of amides is 3. The zero-order valence-corrected chi connectivity index (χ0v) is 40.5. The molecule has 0 unspecified atom stereocenters. The normalized spacial score (nSPS) is 30.1. The first-order valence-electron chi connectivity index (χ1n) is 17.8. The number of β-lactam (4-membered cyclic amide) rings is 1. The molecule has 19 nitrogen and oxygen atoms in total. The van der Waals surface area contributed by atoms with Gasteiger partial charge in [-0.25, -0.2) is 4.68 Å². The molecule has 3 saturated heterocycles. The number of rotatable bonds is 10. The Hall–Kier alpha value is -2.26. The van der Waals surface area contributed by atoms with Crippen LogP contribution in [0, 0.1) is 5.92 Å². The van der Waals surface area contributed by atoms with E-state index in [-0.39, 0.29) is 92.1 Å². The number of aliphatic hydroxyl groups is 1. The molecule has 2 bridgehead atoms. The number of aliphatic carboxylic acids is 2. The van der Waals surface area contributed by atoms with E-state index in [1.54, 1.807) is 14.2 Å². The molecule has 1 aromatic carbocycles. The summed E-state index contributed by atoms with van der Waals surface area (Å²) in [6.07, 6.45) is 5.54. The molecule has 4 N–H and O–H groups in total. The first-order chi connectivity index (χ1) is 27.7. The molecule has 0 saturated carbocycles. The molecule has 2 aromatic rings. The molecule has 1 spiro atoms. The summed E-state index contributed by atoms with van der Waals surface area (Å²) in [6, 6.07) is 4.70. The molecule has 0 radical (unpaired) electrons. The second kappa shape index (κ2) is 18.1. The largest absolute Gasteiger partial charge is 1.00 e. The van der Waals surface area contributed by atoms with Crippen LogP contribution in [0.4, 0.5) is 0 Å². The van der Waals surface area contributed by atoms with E-state index in [0.717, 1.165) is 59.3 Å². The van der Waals surface area contributed by atoms with Crippen LogP contribution in [-0.4, -0.2) is 138 Å². The first kappa shape index (κ1) is 47.2. The van der Waals surface area contributed by atoms with Gasteiger partial charge in [-0.05, 0) is 54.1 Å². The zero-order valence-electron chi connectivity index (χ0n) is 33.2. The van der Waals surface area contributed by atoms with Crippen molar-refractivity contribution >= 4 is 76.7 Å². The van der Waals surface area contributed by atoms with Crippen LogP contribution in [0.1, 0.15) is 17.5 Å². The number of thioether (sulfide) groups is 4. The molecule has 5 aliphatic heterocycles. The summed E-state index contributed by atoms with van der Waals surface area (Å²) < 4.78 is 17.7. The Balaban J connectivity index is 0.000000214. The number of fused-ring (bicyclic) bond motifs is 1. The molecule has 1 aromatic heterocycles. The molecular weight excluding hydrogens is 883 g/mol. The van der Waals surface area contributed by atoms with Gasteiger partial charge in [0.25, 0.3) is 17.5 Å². The van der Waals surface area contributed by atoms with Gasteiger partial charge >= 0.3 is 59.1 Å². The fraction of sp³-hybridized carbons (Fsp3) is 0.486. The minimum atomic E-state index is -1.85. The van der Waals surface area contributed by atoms with Crippen molar-refractivity contribution in [1.29, 1.82) is 0 Å². The summed E-state index contributed by atoms with van der Waals surface area (Å²) in [7, 11) is 6.73. The Labute approximate surface area is 404 Å². The standard InChI is InChI=1S/C18H21NO3.C17H17N7O8S4.2Na/c1-19-8-7-18-11-4-5-13(20)17(18)22-16-14(21-2)6-3-10(15(16)18)9-12(11)19;1-23-16(20-21-22-23)34-4-5-3-33-15-17(32-2,14(31)24(15)7(5)11(29)30)19-9(26)13-35-12(36-13)6(8(18)25)10(27)28;;/h3-6,11-13,17,20H,7-9H2,1-2H3;13,15H,3-4H2,1-2H3,(H2,18,25)(H,19,26)(H,27,28)(H,29,30);;/q;;2*+1/p-2/t11-,12+,13-,17-,18-;13?,15-,17+;;/m01../s1. The number of nitrogens with zero attached hydrogens (tertiary/aromatic N) is 6. The number of primary amides is 1. The van der Waals surface area contributed by atoms with E-state index in [0.29, 0.717) is 22.7 Å². The number of likely N-dealkylation sites (tertiary alicyclic amines) is 1. The van der Waals surface area contributed by atoms with E-state index in [9.17, 15) is 39.3 Å². The second-order valence-corrected chi connectivity index (χ2v) is 19.2. The van der Waals surface area contributed by atoms with Crippen LogP contribution in [0.3, 0.4) is 0 Å². The quantitative estimate of drug-likeness (QED) is 0.0292. The molecule has 3 fully saturated rings. The van der Waals surface area contributed by atoms with E-state index >= 15 is 0 Å². The number of likely N-dealkylation sites (N-methyl/N-ethyl adjacent to an activating group) is 1. The van der Waals surface area contributed by atoms with Crippen molar-refractivity contribution in [1.82, 2.24) is 35.3 Å². The number of piperidine rings is 1. The zero-order chi connectivity index (χ0) is 41.4. The molecule has 7 aliphatic rings. The number of tetrazole rings is 1. The van der Waals surface area contributed by atoms with Crippen molar-refractivity contribution in [3.8, 4) is 11.5 Å². The number of carboxylic acids is 2. The third kappa shape index (κ3) is 7.45. The fourth-order valence-corrected chi connectivity index (χ4v) is 13.5. The van der Waals surface area contributed by atoms with Gasteiger partial charge in [0.1, 0.15) is 22.2 Å². The average molecular weight is 919 g/mol. The molecule has 60 heavy (non-hydrogen) atoms. The van der Waals surface area contributed by atoms with Crippen molar-refractivity contribution in [3.63, 3.8) is 0 Å². The van der Waals surface area contributed by atoms with E-state index in [4.69, 9.17) is 19.9 Å². The summed E-state index contributed by atoms with van der Waals surface area (Å²) in [5.74, 6) is -3.56. The Morgan fingerprint density at radius 2 is 1.88 bits per heavy atom. The minimum absolute atomic E-state index is 0. The van der Waals surface area contributed by atoms with Crippen molar-refractivity contribution in [3.05, 3.63) is 56.5 Å². The molecule has 2 aliphatic carbocycles. The van der Waals surface area contributed by atoms with Gasteiger partial charge in [0.15, 0.2) is 11.5 Å². The van der Waals surface area contributed by atoms with Gasteiger partial charge in [-0.15, -0.1) is 16.9 Å². The number of hydrogen-bond donors (Lipinski definition) is 3. The van der Waals surface area contributed by atoms with Gasteiger partial charge in [0, 0.05) is 48.6 Å². The topological polar surface area (TPSA) is 268 Å². The van der Waals surface area contributed by atoms with Crippen LogP contribution < -0.4 is 89.9 Å². The monoisotopic (exact) mass is 918 g/mol. The fourth-order valence-electron chi connectivity index (χ4n) is 8.88. The molecule has 6 heterocycles. The van der Waals surface area contributed by atoms with Crippen LogP contribution in [0.5, 0.6) is 11.5 Å². The number of nitrogens with two attached hydrogens (primary N) is 1. The molecule has 9 rings (SSSR count). The average Bonchev–Trinajstić information content (AvgIpc) is 3.76. The van der Waals surface area contributed by atoms with E-state index in [1.807, 2.05) is 12.1 Å². The maximum atomic E-state index is 13.1. The molecular formula is C35H36N8Na2O11S4. The number of ether oxygens (including phenoxy) is 3. The molecule has 3 amide bonds. The van der Waals surface area contributed by atoms with Crippen molar-refractivity contribution in [2.45, 2.75) is 57.3 Å². The number of aliphatic hydroxyl groups excluding tert-OH is 1. The number of carbonyl (C=O) groups excluding carboxylic acids is 5. The number of hydrogen-bond acceptors (Lipinski definition) is 19. The third-order valence-corrected chi connectivity index (χ3v) is 16.9. The van der Waals surface area contributed by atoms with Crippen LogP contribution in [0.15, 0.2) is 50.5 Å². The summed E-state index contributed by atoms with van der Waals surface area (Å²) in [5, 5.41) is 46.7. The van der Waals surface area contributed by atoms with Crippen LogP contribution in [0.25, 0.3) is 0 Å². The molecule has 7 atom stereocenters. The van der Waals surface area contributed by atoms with Crippen LogP contribution >= 0.6 is 47.0 Å². The van der Waals surface area contributed by atoms with Gasteiger partial charge in [-0.3, -0.25) is 19.3 Å². The third-order valence-electron chi connectivity index (χ3n) is 11.5. The Bertz CT molecular complexity index is 2220. The van der Waals surface area contributed by atoms with Crippen LogP contribution in [0.2, 0.25) is 0 Å². The summed E-state index contributed by atoms with van der Waals surface area (Å²) >= 11 is 3.89. The second-order valence-electron chi connectivity index (χ2n) is 14.4. The predicted molar refractivity (Wildman–Crippen MR) is 205 cm³/mol. The molecule has 308 valence electrons. The number of nitrogens with one attached hydrogen (secondary N) is 1. The Morgan fingerprint density at radius 3 is 2.50 bits per heavy atom. The van der Waals surface area contributed by atoms with Crippen molar-refractivity contribution in [2.24, 2.45) is 18.7 Å². The SMILES string of the molecule is CO[C@@]1(NC(=O)C2SC(=C(C(N)=O)C(=O)[O-])S2)C(=O)N2C(C(=O)[O-])=C(CSc3nnnn3C)CS[C@@H]21.COc1ccc2c3c1O[C@H]1[C@@H](O)C=C[C@H]4[C@@H](C2)N(C)CC[C@@]341.[Na+].[Na+]. The smallest absolute Gasteiger partial charge is 0.545 e. The summed E-state index contributed by atoms with van der Waals surface area (Å²) in [5.41, 5.74) is 5.14. The minimum Gasteiger partial charge on any atom is -0.545 e. The van der Waals surface area contributed by atoms with E-state index in [2.05, 4.69) is 44.9 Å².